The maximum Gasteiger partial charge on any atom is 0.290 e. The summed E-state index contributed by atoms with van der Waals surface area (Å²) < 4.78 is 2.18. The van der Waals surface area contributed by atoms with Crippen LogP contribution in [0.25, 0.3) is 22.6 Å². The van der Waals surface area contributed by atoms with Gasteiger partial charge in [0, 0.05) is 42.5 Å². The Labute approximate surface area is 175 Å². The van der Waals surface area contributed by atoms with Crippen LogP contribution in [0.15, 0.2) is 67.4 Å². The minimum atomic E-state index is -0.250. The molecule has 4 rings (SSSR count). The van der Waals surface area contributed by atoms with Gasteiger partial charge in [-0.05, 0) is 43.0 Å². The molecule has 152 valence electrons. The summed E-state index contributed by atoms with van der Waals surface area (Å²) >= 11 is 0. The quantitative estimate of drug-likeness (QED) is 0.509. The Kier molecular flexibility index (Phi) is 7.00. The van der Waals surface area contributed by atoms with Crippen molar-refractivity contribution >= 4 is 6.47 Å². The van der Waals surface area contributed by atoms with Gasteiger partial charge in [-0.3, -0.25) is 9.78 Å². The SMILES string of the molecule is Cc1cnnc(-c2ccc(-c3nccn3CCc3cccnc3)cc2)c1C.O=CO. The predicted octanol–water partition coefficient (Wildman–Crippen LogP) is 3.96. The lowest BCUT2D eigenvalue weighted by Gasteiger charge is -2.10. The van der Waals surface area contributed by atoms with Crippen LogP contribution in [-0.2, 0) is 17.8 Å². The second-order valence-electron chi connectivity index (χ2n) is 6.74. The molecule has 0 atom stereocenters. The molecule has 0 saturated carbocycles. The smallest absolute Gasteiger partial charge is 0.290 e. The van der Waals surface area contributed by atoms with Crippen molar-refractivity contribution in [1.82, 2.24) is 24.7 Å². The number of aryl methyl sites for hydroxylation is 3. The standard InChI is InChI=1S/C22H21N5.CH2O2/c1-16-14-25-26-21(17(16)2)19-5-7-20(8-6-19)22-24-11-13-27(22)12-9-18-4-3-10-23-15-18;2-1-3/h3-8,10-11,13-15H,9,12H2,1-2H3;1H,(H,2,3). The number of nitrogens with zero attached hydrogens (tertiary/aromatic N) is 5. The molecule has 0 aliphatic rings. The fraction of sp³-hybridized carbons (Fsp3) is 0.174. The van der Waals surface area contributed by atoms with E-state index < -0.39 is 0 Å². The van der Waals surface area contributed by atoms with Gasteiger partial charge in [-0.25, -0.2) is 4.98 Å². The van der Waals surface area contributed by atoms with Crippen molar-refractivity contribution in [3.8, 4) is 22.6 Å². The summed E-state index contributed by atoms with van der Waals surface area (Å²) in [6.07, 6.45) is 10.3. The van der Waals surface area contributed by atoms with E-state index in [-0.39, 0.29) is 6.47 Å². The zero-order valence-corrected chi connectivity index (χ0v) is 16.9. The van der Waals surface area contributed by atoms with Crippen molar-refractivity contribution in [2.45, 2.75) is 26.8 Å². The van der Waals surface area contributed by atoms with Gasteiger partial charge in [-0.1, -0.05) is 30.3 Å². The largest absolute Gasteiger partial charge is 0.483 e. The van der Waals surface area contributed by atoms with Gasteiger partial charge in [0.15, 0.2) is 0 Å². The van der Waals surface area contributed by atoms with Gasteiger partial charge < -0.3 is 9.67 Å². The third kappa shape index (κ3) is 4.94. The number of carboxylic acid groups (broad SMARTS) is 1. The van der Waals surface area contributed by atoms with E-state index in [9.17, 15) is 0 Å². The van der Waals surface area contributed by atoms with Crippen LogP contribution < -0.4 is 0 Å². The van der Waals surface area contributed by atoms with Gasteiger partial charge in [-0.2, -0.15) is 10.2 Å². The fourth-order valence-electron chi connectivity index (χ4n) is 3.13. The first kappa shape index (κ1) is 20.9. The molecular formula is C23H23N5O2. The predicted molar refractivity (Wildman–Crippen MR) is 115 cm³/mol. The molecule has 0 fully saturated rings. The van der Waals surface area contributed by atoms with Gasteiger partial charge in [0.1, 0.15) is 5.82 Å². The first-order chi connectivity index (χ1) is 14.6. The van der Waals surface area contributed by atoms with Crippen molar-refractivity contribution in [2.75, 3.05) is 0 Å². The summed E-state index contributed by atoms with van der Waals surface area (Å²) in [4.78, 5) is 17.1. The van der Waals surface area contributed by atoms with E-state index in [0.29, 0.717) is 0 Å². The van der Waals surface area contributed by atoms with Crippen molar-refractivity contribution < 1.29 is 9.90 Å². The number of aromatic nitrogens is 5. The monoisotopic (exact) mass is 401 g/mol. The zero-order chi connectivity index (χ0) is 21.3. The number of imidazole rings is 1. The van der Waals surface area contributed by atoms with Crippen molar-refractivity contribution in [1.29, 1.82) is 0 Å². The second-order valence-corrected chi connectivity index (χ2v) is 6.74. The van der Waals surface area contributed by atoms with E-state index in [1.807, 2.05) is 24.7 Å². The topological polar surface area (TPSA) is 93.8 Å². The highest BCUT2D eigenvalue weighted by Gasteiger charge is 2.09. The number of hydrogen-bond donors (Lipinski definition) is 1. The lowest BCUT2D eigenvalue weighted by atomic mass is 10.0. The molecule has 4 aromatic rings. The van der Waals surface area contributed by atoms with Crippen LogP contribution in [0.4, 0.5) is 0 Å². The third-order valence-corrected chi connectivity index (χ3v) is 4.85. The molecule has 30 heavy (non-hydrogen) atoms. The van der Waals surface area contributed by atoms with E-state index >= 15 is 0 Å². The summed E-state index contributed by atoms with van der Waals surface area (Å²) in [6, 6.07) is 12.4. The summed E-state index contributed by atoms with van der Waals surface area (Å²) in [5, 5.41) is 15.3. The minimum absolute atomic E-state index is 0.250. The molecule has 0 aliphatic heterocycles. The summed E-state index contributed by atoms with van der Waals surface area (Å²) in [7, 11) is 0. The van der Waals surface area contributed by atoms with E-state index in [1.165, 1.54) is 5.56 Å². The van der Waals surface area contributed by atoms with Gasteiger partial charge in [0.25, 0.3) is 6.47 Å². The molecule has 0 radical (unpaired) electrons. The Hall–Kier alpha value is -3.87. The fourth-order valence-corrected chi connectivity index (χ4v) is 3.13. The molecule has 0 aliphatic carbocycles. The highest BCUT2D eigenvalue weighted by atomic mass is 16.3. The van der Waals surface area contributed by atoms with Crippen LogP contribution in [-0.4, -0.2) is 36.3 Å². The lowest BCUT2D eigenvalue weighted by Crippen LogP contribution is -2.03. The number of benzene rings is 1. The highest BCUT2D eigenvalue weighted by Crippen LogP contribution is 2.25. The normalized spacial score (nSPS) is 10.2. The molecule has 7 heteroatoms. The second kappa shape index (κ2) is 10.1. The molecule has 3 aromatic heterocycles. The average Bonchev–Trinajstić information content (AvgIpc) is 3.24. The Morgan fingerprint density at radius 3 is 2.47 bits per heavy atom. The van der Waals surface area contributed by atoms with Gasteiger partial charge in [0.2, 0.25) is 0 Å². The summed E-state index contributed by atoms with van der Waals surface area (Å²) in [6.45, 7) is 4.75. The first-order valence-corrected chi connectivity index (χ1v) is 9.51. The molecule has 0 spiro atoms. The molecule has 3 heterocycles. The third-order valence-electron chi connectivity index (χ3n) is 4.85. The Bertz CT molecular complexity index is 1090. The molecule has 1 N–H and O–H groups in total. The average molecular weight is 401 g/mol. The van der Waals surface area contributed by atoms with Crippen LogP contribution in [0.5, 0.6) is 0 Å². The van der Waals surface area contributed by atoms with Crippen LogP contribution in [0.2, 0.25) is 0 Å². The molecule has 0 bridgehead atoms. The minimum Gasteiger partial charge on any atom is -0.483 e. The molecule has 0 amide bonds. The van der Waals surface area contributed by atoms with Crippen LogP contribution in [0, 0.1) is 13.8 Å². The van der Waals surface area contributed by atoms with Crippen LogP contribution in [0.3, 0.4) is 0 Å². The molecule has 0 saturated heterocycles. The highest BCUT2D eigenvalue weighted by molar-refractivity contribution is 5.67. The number of carbonyl (C=O) groups is 1. The lowest BCUT2D eigenvalue weighted by molar-refractivity contribution is -0.122. The Balaban J connectivity index is 0.000000806. The van der Waals surface area contributed by atoms with E-state index in [2.05, 4.69) is 68.9 Å². The van der Waals surface area contributed by atoms with Crippen molar-refractivity contribution in [2.24, 2.45) is 0 Å². The van der Waals surface area contributed by atoms with E-state index in [4.69, 9.17) is 9.90 Å². The van der Waals surface area contributed by atoms with E-state index in [0.717, 1.165) is 46.7 Å². The number of rotatable bonds is 5. The molecule has 7 nitrogen and oxygen atoms in total. The summed E-state index contributed by atoms with van der Waals surface area (Å²) in [5.41, 5.74) is 6.63. The van der Waals surface area contributed by atoms with Crippen molar-refractivity contribution in [3.63, 3.8) is 0 Å². The summed E-state index contributed by atoms with van der Waals surface area (Å²) in [5.74, 6) is 0.970. The maximum atomic E-state index is 8.36. The Morgan fingerprint density at radius 1 is 1.03 bits per heavy atom. The van der Waals surface area contributed by atoms with Crippen LogP contribution in [0.1, 0.15) is 16.7 Å². The molecule has 0 unspecified atom stereocenters. The first-order valence-electron chi connectivity index (χ1n) is 9.51. The van der Waals surface area contributed by atoms with Gasteiger partial charge >= 0.3 is 0 Å². The van der Waals surface area contributed by atoms with E-state index in [1.54, 1.807) is 12.4 Å². The van der Waals surface area contributed by atoms with Crippen LogP contribution >= 0.6 is 0 Å². The maximum absolute atomic E-state index is 8.36. The molecular weight excluding hydrogens is 378 g/mol. The number of hydrogen-bond acceptors (Lipinski definition) is 5. The van der Waals surface area contributed by atoms with Gasteiger partial charge in [-0.15, -0.1) is 0 Å². The van der Waals surface area contributed by atoms with Crippen molar-refractivity contribution in [3.05, 3.63) is 84.1 Å². The zero-order valence-electron chi connectivity index (χ0n) is 16.9. The number of pyridine rings is 1. The Morgan fingerprint density at radius 2 is 1.77 bits per heavy atom. The van der Waals surface area contributed by atoms with Gasteiger partial charge in [0.05, 0.1) is 11.9 Å². The molecule has 1 aromatic carbocycles.